The third kappa shape index (κ3) is 5.56. The van der Waals surface area contributed by atoms with E-state index in [1.54, 1.807) is 0 Å². The van der Waals surface area contributed by atoms with Crippen LogP contribution in [0, 0.1) is 0 Å². The number of nitrogens with one attached hydrogen (secondary N) is 1. The van der Waals surface area contributed by atoms with E-state index in [1.165, 1.54) is 0 Å². The highest BCUT2D eigenvalue weighted by Gasteiger charge is 2.39. The first kappa shape index (κ1) is 25.3. The van der Waals surface area contributed by atoms with E-state index in [4.69, 9.17) is 22.7 Å². The number of benzene rings is 3. The van der Waals surface area contributed by atoms with Crippen molar-refractivity contribution in [2.45, 2.75) is 33.2 Å². The molecule has 2 aromatic carbocycles. The third-order valence-corrected chi connectivity index (χ3v) is 9.11. The number of hydrogen-bond donors (Lipinski definition) is 1. The van der Waals surface area contributed by atoms with Crippen LogP contribution in [0.5, 0.6) is 0 Å². The SMILES string of the molecule is CCO[Si](CCCNc1cc2oc3cc(=[N+](C)C)ccc-3nc2c2ccccc12)(OCC)OCC. The first-order valence-corrected chi connectivity index (χ1v) is 14.4. The van der Waals surface area contributed by atoms with Crippen LogP contribution in [0.3, 0.4) is 0 Å². The van der Waals surface area contributed by atoms with Gasteiger partial charge in [0.1, 0.15) is 25.3 Å². The predicted molar refractivity (Wildman–Crippen MR) is 144 cm³/mol. The maximum absolute atomic E-state index is 6.36. The Bertz CT molecular complexity index is 1320. The van der Waals surface area contributed by atoms with Gasteiger partial charge in [-0.1, -0.05) is 24.3 Å². The molecule has 1 heterocycles. The third-order valence-electron chi connectivity index (χ3n) is 5.96. The molecule has 0 saturated carbocycles. The van der Waals surface area contributed by atoms with Crippen LogP contribution in [0.2, 0.25) is 6.04 Å². The number of hydrogen-bond acceptors (Lipinski definition) is 6. The Kier molecular flexibility index (Phi) is 8.17. The fourth-order valence-corrected chi connectivity index (χ4v) is 7.01. The number of aromatic nitrogens is 1. The van der Waals surface area contributed by atoms with E-state index in [-0.39, 0.29) is 0 Å². The molecule has 0 aromatic heterocycles. The van der Waals surface area contributed by atoms with Crippen LogP contribution < -0.4 is 15.2 Å². The summed E-state index contributed by atoms with van der Waals surface area (Å²) < 4.78 is 26.4. The van der Waals surface area contributed by atoms with Crippen LogP contribution in [-0.2, 0) is 13.3 Å². The Morgan fingerprint density at radius 1 is 0.914 bits per heavy atom. The molecule has 0 saturated heterocycles. The Morgan fingerprint density at radius 3 is 2.26 bits per heavy atom. The van der Waals surface area contributed by atoms with Crippen LogP contribution in [0.4, 0.5) is 5.69 Å². The average molecular weight is 495 g/mol. The molecule has 0 amide bonds. The molecule has 2 aliphatic rings. The van der Waals surface area contributed by atoms with Gasteiger partial charge < -0.3 is 23.0 Å². The zero-order chi connectivity index (χ0) is 24.8. The first-order chi connectivity index (χ1) is 17.0. The molecule has 1 aliphatic carbocycles. The minimum atomic E-state index is -2.65. The van der Waals surface area contributed by atoms with Crippen molar-refractivity contribution in [3.05, 3.63) is 53.9 Å². The maximum atomic E-state index is 6.36. The summed E-state index contributed by atoms with van der Waals surface area (Å²) in [6, 6.07) is 17.3. The Balaban J connectivity index is 1.65. The lowest BCUT2D eigenvalue weighted by Crippen LogP contribution is -2.46. The monoisotopic (exact) mass is 494 g/mol. The van der Waals surface area contributed by atoms with Gasteiger partial charge in [0.25, 0.3) is 0 Å². The van der Waals surface area contributed by atoms with Gasteiger partial charge in [0.05, 0.1) is 6.07 Å². The summed E-state index contributed by atoms with van der Waals surface area (Å²) in [7, 11) is 1.39. The van der Waals surface area contributed by atoms with Crippen molar-refractivity contribution < 1.29 is 17.7 Å². The lowest BCUT2D eigenvalue weighted by atomic mass is 10.1. The molecule has 0 fully saturated rings. The molecule has 0 unspecified atom stereocenters. The second kappa shape index (κ2) is 11.3. The van der Waals surface area contributed by atoms with E-state index < -0.39 is 8.80 Å². The van der Waals surface area contributed by atoms with Gasteiger partial charge >= 0.3 is 8.80 Å². The summed E-state index contributed by atoms with van der Waals surface area (Å²) in [6.45, 7) is 8.50. The molecule has 8 heteroatoms. The van der Waals surface area contributed by atoms with E-state index in [1.807, 2.05) is 53.1 Å². The van der Waals surface area contributed by atoms with E-state index in [0.717, 1.165) is 63.4 Å². The summed E-state index contributed by atoms with van der Waals surface area (Å²) in [6.07, 6.45) is 0.873. The first-order valence-electron chi connectivity index (χ1n) is 12.4. The molecular weight excluding hydrogens is 458 g/mol. The van der Waals surface area contributed by atoms with Gasteiger partial charge in [-0.3, -0.25) is 0 Å². The lowest BCUT2D eigenvalue weighted by molar-refractivity contribution is 0.0710. The number of rotatable bonds is 11. The van der Waals surface area contributed by atoms with Crippen LogP contribution in [0.25, 0.3) is 33.3 Å². The van der Waals surface area contributed by atoms with Crippen LogP contribution in [0.15, 0.2) is 52.9 Å². The molecule has 0 bridgehead atoms. The average Bonchev–Trinajstić information content (AvgIpc) is 2.85. The van der Waals surface area contributed by atoms with Crippen LogP contribution in [0.1, 0.15) is 27.2 Å². The highest BCUT2D eigenvalue weighted by atomic mass is 28.4. The summed E-state index contributed by atoms with van der Waals surface area (Å²) in [5.41, 5.74) is 3.50. The van der Waals surface area contributed by atoms with Gasteiger partial charge in [0, 0.05) is 61.0 Å². The molecule has 0 atom stereocenters. The second-order valence-corrected chi connectivity index (χ2v) is 11.3. The van der Waals surface area contributed by atoms with Gasteiger partial charge in [-0.15, -0.1) is 0 Å². The normalized spacial score (nSPS) is 12.0. The molecular formula is C27H36N3O4Si+. The van der Waals surface area contributed by atoms with Crippen LogP contribution >= 0.6 is 0 Å². The predicted octanol–water partition coefficient (Wildman–Crippen LogP) is 4.97. The van der Waals surface area contributed by atoms with Crippen molar-refractivity contribution >= 4 is 36.4 Å². The van der Waals surface area contributed by atoms with Crippen molar-refractivity contribution in [1.29, 1.82) is 0 Å². The molecule has 7 nitrogen and oxygen atoms in total. The molecule has 35 heavy (non-hydrogen) atoms. The topological polar surface area (TPSA) is 68.8 Å². The van der Waals surface area contributed by atoms with Gasteiger partial charge in [-0.25, -0.2) is 9.56 Å². The Hall–Kier alpha value is -2.78. The van der Waals surface area contributed by atoms with Crippen LogP contribution in [-0.4, -0.2) is 54.2 Å². The highest BCUT2D eigenvalue weighted by Crippen LogP contribution is 2.34. The van der Waals surface area contributed by atoms with Gasteiger partial charge in [0.2, 0.25) is 5.36 Å². The number of anilines is 1. The molecule has 1 N–H and O–H groups in total. The molecule has 1 aliphatic heterocycles. The van der Waals surface area contributed by atoms with Gasteiger partial charge in [0.15, 0.2) is 11.3 Å². The maximum Gasteiger partial charge on any atom is 0.500 e. The molecule has 0 radical (unpaired) electrons. The van der Waals surface area contributed by atoms with Crippen molar-refractivity contribution in [2.24, 2.45) is 0 Å². The summed E-state index contributed by atoms with van der Waals surface area (Å²) in [4.78, 5) is 4.95. The molecule has 2 aromatic rings. The second-order valence-electron chi connectivity index (χ2n) is 8.59. The smallest absolute Gasteiger partial charge is 0.452 e. The van der Waals surface area contributed by atoms with Crippen molar-refractivity contribution in [3.8, 4) is 11.5 Å². The fraction of sp³-hybridized carbons (Fsp3) is 0.407. The standard InChI is InChI=1S/C27H35N3O4Si/c1-6-31-35(32-7-2,33-8-3)17-11-16-28-24-19-26-27(22-13-10-9-12-21(22)24)29-23-15-14-20(30(4)5)18-25(23)34-26/h9-10,12-15,18-19H,6-8,11,16-17H2,1-5H3/p+1. The van der Waals surface area contributed by atoms with E-state index in [2.05, 4.69) is 40.2 Å². The van der Waals surface area contributed by atoms with Gasteiger partial charge in [-0.2, -0.15) is 0 Å². The Morgan fingerprint density at radius 2 is 1.60 bits per heavy atom. The zero-order valence-electron chi connectivity index (χ0n) is 21.4. The van der Waals surface area contributed by atoms with Gasteiger partial charge in [-0.05, 0) is 33.3 Å². The largest absolute Gasteiger partial charge is 0.500 e. The number of fused-ring (bicyclic) bond motifs is 4. The molecule has 0 spiro atoms. The summed E-state index contributed by atoms with van der Waals surface area (Å²) in [5, 5.41) is 6.88. The zero-order valence-corrected chi connectivity index (χ0v) is 22.4. The van der Waals surface area contributed by atoms with Crippen molar-refractivity contribution in [2.75, 3.05) is 45.8 Å². The highest BCUT2D eigenvalue weighted by molar-refractivity contribution is 6.60. The van der Waals surface area contributed by atoms with E-state index in [0.29, 0.717) is 19.8 Å². The number of nitrogens with zero attached hydrogens (tertiary/aromatic N) is 2. The minimum absolute atomic E-state index is 0.590. The fourth-order valence-electron chi connectivity index (χ4n) is 4.40. The van der Waals surface area contributed by atoms with Crippen molar-refractivity contribution in [3.63, 3.8) is 0 Å². The van der Waals surface area contributed by atoms with E-state index in [9.17, 15) is 0 Å². The van der Waals surface area contributed by atoms with E-state index >= 15 is 0 Å². The Labute approximate surface area is 208 Å². The minimum Gasteiger partial charge on any atom is -0.452 e. The molecule has 186 valence electrons. The summed E-state index contributed by atoms with van der Waals surface area (Å²) >= 11 is 0. The quantitative estimate of drug-likeness (QED) is 0.104. The van der Waals surface area contributed by atoms with Crippen molar-refractivity contribution in [1.82, 2.24) is 9.56 Å². The summed E-state index contributed by atoms with van der Waals surface area (Å²) in [5.74, 6) is 0.769. The lowest BCUT2D eigenvalue weighted by Gasteiger charge is -2.28. The molecule has 4 rings (SSSR count).